The second kappa shape index (κ2) is 9.62. The van der Waals surface area contributed by atoms with Gasteiger partial charge in [-0.1, -0.05) is 11.6 Å². The van der Waals surface area contributed by atoms with Crippen molar-refractivity contribution in [1.82, 2.24) is 4.90 Å². The summed E-state index contributed by atoms with van der Waals surface area (Å²) < 4.78 is 50.2. The lowest BCUT2D eigenvalue weighted by Gasteiger charge is -2.34. The number of amides is 2. The van der Waals surface area contributed by atoms with Gasteiger partial charge in [0.25, 0.3) is 0 Å². The van der Waals surface area contributed by atoms with Gasteiger partial charge in [-0.3, -0.25) is 14.4 Å². The summed E-state index contributed by atoms with van der Waals surface area (Å²) >= 11 is 5.73. The number of primary amides is 1. The molecule has 10 nitrogen and oxygen atoms in total. The van der Waals surface area contributed by atoms with E-state index in [-0.39, 0.29) is 31.2 Å². The second-order valence-corrected chi connectivity index (χ2v) is 10.4. The molecule has 3 rings (SSSR count). The van der Waals surface area contributed by atoms with Crippen LogP contribution in [0.3, 0.4) is 0 Å². The predicted octanol–water partition coefficient (Wildman–Crippen LogP) is 0.429. The number of hydrogen-bond donors (Lipinski definition) is 1. The van der Waals surface area contributed by atoms with Crippen molar-refractivity contribution in [3.63, 3.8) is 0 Å². The number of hydrogen-bond acceptors (Lipinski definition) is 8. The van der Waals surface area contributed by atoms with Gasteiger partial charge in [-0.25, -0.2) is 12.8 Å². The quantitative estimate of drug-likeness (QED) is 0.334. The minimum Gasteiger partial charge on any atom is -0.449 e. The summed E-state index contributed by atoms with van der Waals surface area (Å²) in [6.45, 7) is 0.121. The zero-order valence-corrected chi connectivity index (χ0v) is 18.9. The SMILES string of the molecule is N#CCOC(=O)[C@]1(C(N)=O)C[C@H](S(=O)(=O)c2ccc(F)c(Cl)c2)C[C@H]1C(=O)N1CCOCC1. The number of carbonyl (C=O) groups excluding carboxylic acids is 3. The van der Waals surface area contributed by atoms with Crippen LogP contribution in [0.4, 0.5) is 4.39 Å². The topological polar surface area (TPSA) is 157 Å². The zero-order valence-electron chi connectivity index (χ0n) is 17.3. The van der Waals surface area contributed by atoms with Gasteiger partial charge in [0, 0.05) is 13.1 Å². The Morgan fingerprint density at radius 3 is 2.58 bits per heavy atom. The second-order valence-electron chi connectivity index (χ2n) is 7.74. The smallest absolute Gasteiger partial charge is 0.323 e. The van der Waals surface area contributed by atoms with Crippen molar-refractivity contribution in [2.75, 3.05) is 32.9 Å². The number of halogens is 2. The molecule has 1 aromatic carbocycles. The Morgan fingerprint density at radius 2 is 2.00 bits per heavy atom. The van der Waals surface area contributed by atoms with E-state index >= 15 is 0 Å². The number of ether oxygens (including phenoxy) is 2. The Labute approximate surface area is 194 Å². The number of nitrogens with zero attached hydrogens (tertiary/aromatic N) is 2. The number of nitrogens with two attached hydrogens (primary N) is 1. The Kier molecular flexibility index (Phi) is 7.26. The van der Waals surface area contributed by atoms with Crippen LogP contribution >= 0.6 is 11.6 Å². The highest BCUT2D eigenvalue weighted by atomic mass is 35.5. The Balaban J connectivity index is 2.05. The van der Waals surface area contributed by atoms with Crippen molar-refractivity contribution < 1.29 is 36.7 Å². The maximum Gasteiger partial charge on any atom is 0.323 e. The molecule has 33 heavy (non-hydrogen) atoms. The molecule has 1 aliphatic carbocycles. The highest BCUT2D eigenvalue weighted by Gasteiger charge is 2.63. The summed E-state index contributed by atoms with van der Waals surface area (Å²) in [4.78, 5) is 39.9. The molecular weight excluding hydrogens is 481 g/mol. The zero-order chi connectivity index (χ0) is 24.4. The highest BCUT2D eigenvalue weighted by molar-refractivity contribution is 7.92. The predicted molar refractivity (Wildman–Crippen MR) is 111 cm³/mol. The Bertz CT molecular complexity index is 1120. The third-order valence-corrected chi connectivity index (χ3v) is 8.43. The van der Waals surface area contributed by atoms with E-state index in [1.807, 2.05) is 0 Å². The maximum atomic E-state index is 13.6. The lowest BCUT2D eigenvalue weighted by atomic mass is 9.76. The molecule has 178 valence electrons. The van der Waals surface area contributed by atoms with Crippen LogP contribution in [0.15, 0.2) is 23.1 Å². The number of esters is 1. The molecular formula is C20H21ClFN3O7S. The minimum absolute atomic E-state index is 0.183. The van der Waals surface area contributed by atoms with Gasteiger partial charge < -0.3 is 20.1 Å². The lowest BCUT2D eigenvalue weighted by molar-refractivity contribution is -0.167. The summed E-state index contributed by atoms with van der Waals surface area (Å²) in [6, 6.07) is 4.39. The fourth-order valence-corrected chi connectivity index (χ4v) is 6.37. The van der Waals surface area contributed by atoms with Gasteiger partial charge in [0.15, 0.2) is 21.9 Å². The van der Waals surface area contributed by atoms with Crippen LogP contribution in [0, 0.1) is 28.5 Å². The number of morpholine rings is 1. The summed E-state index contributed by atoms with van der Waals surface area (Å²) in [5.41, 5.74) is 3.27. The van der Waals surface area contributed by atoms with Gasteiger partial charge in [0.05, 0.1) is 34.3 Å². The average molecular weight is 502 g/mol. The summed E-state index contributed by atoms with van der Waals surface area (Å²) in [5, 5.41) is 6.95. The van der Waals surface area contributed by atoms with E-state index in [0.29, 0.717) is 0 Å². The molecule has 1 aliphatic heterocycles. The molecule has 0 bridgehead atoms. The molecule has 0 unspecified atom stereocenters. The van der Waals surface area contributed by atoms with E-state index in [1.165, 1.54) is 4.90 Å². The first-order valence-electron chi connectivity index (χ1n) is 9.95. The van der Waals surface area contributed by atoms with Crippen molar-refractivity contribution in [2.24, 2.45) is 17.1 Å². The van der Waals surface area contributed by atoms with Crippen LogP contribution in [0.25, 0.3) is 0 Å². The first-order chi connectivity index (χ1) is 15.6. The molecule has 1 saturated carbocycles. The molecule has 1 aromatic rings. The van der Waals surface area contributed by atoms with E-state index in [2.05, 4.69) is 0 Å². The van der Waals surface area contributed by atoms with Crippen LogP contribution in [0.1, 0.15) is 12.8 Å². The standard InChI is InChI=1S/C20H21ClFN3O7S/c21-15-10-12(1-2-16(15)22)33(29,30)13-9-14(17(26)25-4-7-31-8-5-25)20(11-13,18(24)27)19(28)32-6-3-23/h1-2,10,13-14H,4-9,11H2,(H2,24,27)/t13-,14+,20-/m1/s1. The lowest BCUT2D eigenvalue weighted by Crippen LogP contribution is -2.54. The van der Waals surface area contributed by atoms with E-state index in [0.717, 1.165) is 18.2 Å². The van der Waals surface area contributed by atoms with Crippen LogP contribution in [0.2, 0.25) is 5.02 Å². The molecule has 0 spiro atoms. The number of sulfone groups is 1. The Hall–Kier alpha value is -2.75. The maximum absolute atomic E-state index is 13.6. The minimum atomic E-state index is -4.26. The molecule has 2 fully saturated rings. The molecule has 1 saturated heterocycles. The molecule has 2 N–H and O–H groups in total. The van der Waals surface area contributed by atoms with Crippen LogP contribution < -0.4 is 5.73 Å². The molecule has 1 heterocycles. The number of rotatable bonds is 6. The first kappa shape index (κ1) is 24.9. The van der Waals surface area contributed by atoms with Crippen molar-refractivity contribution in [3.8, 4) is 6.07 Å². The molecule has 0 aromatic heterocycles. The molecule has 3 atom stereocenters. The number of nitriles is 1. The third-order valence-electron chi connectivity index (χ3n) is 5.99. The number of carbonyl (C=O) groups is 3. The van der Waals surface area contributed by atoms with E-state index in [9.17, 15) is 27.2 Å². The normalized spacial score (nSPS) is 25.3. The highest BCUT2D eigenvalue weighted by Crippen LogP contribution is 2.49. The molecule has 2 aliphatic rings. The molecule has 13 heteroatoms. The van der Waals surface area contributed by atoms with Gasteiger partial charge in [-0.2, -0.15) is 5.26 Å². The van der Waals surface area contributed by atoms with E-state index in [4.69, 9.17) is 32.1 Å². The van der Waals surface area contributed by atoms with E-state index in [1.54, 1.807) is 6.07 Å². The fourth-order valence-electron chi connectivity index (χ4n) is 4.27. The van der Waals surface area contributed by atoms with Crippen LogP contribution in [0.5, 0.6) is 0 Å². The van der Waals surface area contributed by atoms with Gasteiger partial charge >= 0.3 is 5.97 Å². The van der Waals surface area contributed by atoms with Crippen molar-refractivity contribution >= 4 is 39.2 Å². The van der Waals surface area contributed by atoms with E-state index < -0.39 is 74.5 Å². The summed E-state index contributed by atoms with van der Waals surface area (Å²) in [5.74, 6) is -5.37. The first-order valence-corrected chi connectivity index (χ1v) is 11.9. The monoisotopic (exact) mass is 501 g/mol. The van der Waals surface area contributed by atoms with Gasteiger partial charge in [-0.15, -0.1) is 0 Å². The Morgan fingerprint density at radius 1 is 1.33 bits per heavy atom. The van der Waals surface area contributed by atoms with Crippen molar-refractivity contribution in [2.45, 2.75) is 23.0 Å². The molecule has 0 radical (unpaired) electrons. The van der Waals surface area contributed by atoms with Gasteiger partial charge in [0.1, 0.15) is 11.9 Å². The molecule has 2 amide bonds. The van der Waals surface area contributed by atoms with Gasteiger partial charge in [0.2, 0.25) is 11.8 Å². The largest absolute Gasteiger partial charge is 0.449 e. The number of benzene rings is 1. The fraction of sp³-hybridized carbons (Fsp3) is 0.500. The van der Waals surface area contributed by atoms with Crippen LogP contribution in [-0.2, 0) is 33.7 Å². The average Bonchev–Trinajstić information content (AvgIpc) is 3.22. The van der Waals surface area contributed by atoms with Crippen LogP contribution in [-0.4, -0.2) is 69.3 Å². The summed E-state index contributed by atoms with van der Waals surface area (Å²) in [6.07, 6.45) is -1.04. The summed E-state index contributed by atoms with van der Waals surface area (Å²) in [7, 11) is -4.26. The third kappa shape index (κ3) is 4.53. The van der Waals surface area contributed by atoms with Crippen molar-refractivity contribution in [1.29, 1.82) is 5.26 Å². The van der Waals surface area contributed by atoms with Crippen molar-refractivity contribution in [3.05, 3.63) is 29.0 Å². The van der Waals surface area contributed by atoms with Gasteiger partial charge in [-0.05, 0) is 31.0 Å².